The van der Waals surface area contributed by atoms with E-state index in [0.717, 1.165) is 11.8 Å². The van der Waals surface area contributed by atoms with Crippen LogP contribution < -0.4 is 10.5 Å². The lowest BCUT2D eigenvalue weighted by Crippen LogP contribution is -2.26. The van der Waals surface area contributed by atoms with Gasteiger partial charge in [0.05, 0.1) is 5.75 Å². The van der Waals surface area contributed by atoms with Gasteiger partial charge in [0.2, 0.25) is 0 Å². The van der Waals surface area contributed by atoms with Gasteiger partial charge in [-0.1, -0.05) is 12.1 Å². The highest BCUT2D eigenvalue weighted by Gasteiger charge is 2.12. The van der Waals surface area contributed by atoms with Gasteiger partial charge in [0.25, 0.3) is 0 Å². The number of rotatable bonds is 6. The summed E-state index contributed by atoms with van der Waals surface area (Å²) in [7, 11) is -3.19. The predicted molar refractivity (Wildman–Crippen MR) is 65.5 cm³/mol. The zero-order valence-electron chi connectivity index (χ0n) is 9.67. The number of hydrogen-bond donors (Lipinski definition) is 2. The van der Waals surface area contributed by atoms with Crippen LogP contribution in [0.4, 0.5) is 0 Å². The summed E-state index contributed by atoms with van der Waals surface area (Å²) in [5.74, 6) is 0.268. The molecule has 1 aromatic rings. The van der Waals surface area contributed by atoms with Crippen molar-refractivity contribution in [3.63, 3.8) is 0 Å². The molecule has 0 aliphatic carbocycles. The van der Waals surface area contributed by atoms with Crippen LogP contribution in [0.15, 0.2) is 24.3 Å². The molecule has 0 spiro atoms. The highest BCUT2D eigenvalue weighted by Crippen LogP contribution is 2.13. The Labute approximate surface area is 101 Å². The van der Waals surface area contributed by atoms with Gasteiger partial charge >= 0.3 is 0 Å². The van der Waals surface area contributed by atoms with E-state index in [1.165, 1.54) is 0 Å². The molecule has 96 valence electrons. The molecule has 3 N–H and O–H groups in total. The molecule has 0 fully saturated rings. The van der Waals surface area contributed by atoms with Gasteiger partial charge in [0.1, 0.15) is 28.3 Å². The van der Waals surface area contributed by atoms with Crippen molar-refractivity contribution >= 4 is 9.84 Å². The molecule has 0 bridgehead atoms. The Morgan fingerprint density at radius 3 is 2.76 bits per heavy atom. The van der Waals surface area contributed by atoms with Gasteiger partial charge in [-0.2, -0.15) is 0 Å². The third-order valence-corrected chi connectivity index (χ3v) is 3.06. The molecule has 5 nitrogen and oxygen atoms in total. The van der Waals surface area contributed by atoms with Gasteiger partial charge in [0.15, 0.2) is 0 Å². The average Bonchev–Trinajstić information content (AvgIpc) is 2.24. The van der Waals surface area contributed by atoms with E-state index in [2.05, 4.69) is 0 Å². The summed E-state index contributed by atoms with van der Waals surface area (Å²) in [5.41, 5.74) is 6.39. The number of aliphatic hydroxyl groups excluding tert-OH is 1. The molecule has 1 aromatic carbocycles. The first-order chi connectivity index (χ1) is 7.90. The van der Waals surface area contributed by atoms with Crippen molar-refractivity contribution in [1.82, 2.24) is 0 Å². The van der Waals surface area contributed by atoms with Crippen molar-refractivity contribution in [3.05, 3.63) is 29.8 Å². The van der Waals surface area contributed by atoms with Crippen LogP contribution in [-0.2, 0) is 16.4 Å². The lowest BCUT2D eigenvalue weighted by atomic mass is 10.2. The Morgan fingerprint density at radius 1 is 1.47 bits per heavy atom. The fourth-order valence-corrected chi connectivity index (χ4v) is 2.15. The lowest BCUT2D eigenvalue weighted by Gasteiger charge is -2.11. The van der Waals surface area contributed by atoms with E-state index in [9.17, 15) is 13.5 Å². The topological polar surface area (TPSA) is 89.6 Å². The van der Waals surface area contributed by atoms with Gasteiger partial charge in [-0.25, -0.2) is 8.42 Å². The van der Waals surface area contributed by atoms with E-state index in [1.807, 2.05) is 6.07 Å². The van der Waals surface area contributed by atoms with Crippen LogP contribution in [0.25, 0.3) is 0 Å². The third kappa shape index (κ3) is 5.67. The van der Waals surface area contributed by atoms with Gasteiger partial charge < -0.3 is 15.6 Å². The van der Waals surface area contributed by atoms with Crippen LogP contribution in [0.3, 0.4) is 0 Å². The molecule has 0 amide bonds. The number of nitrogens with two attached hydrogens (primary N) is 1. The van der Waals surface area contributed by atoms with Crippen LogP contribution in [0.5, 0.6) is 5.75 Å². The van der Waals surface area contributed by atoms with Crippen molar-refractivity contribution in [2.24, 2.45) is 5.73 Å². The maximum atomic E-state index is 10.9. The first-order valence-electron chi connectivity index (χ1n) is 5.18. The van der Waals surface area contributed by atoms with Crippen LogP contribution in [0.1, 0.15) is 5.56 Å². The van der Waals surface area contributed by atoms with Crippen LogP contribution in [0.2, 0.25) is 0 Å². The maximum absolute atomic E-state index is 10.9. The summed E-state index contributed by atoms with van der Waals surface area (Å²) in [6.45, 7) is 0.351. The number of ether oxygens (including phenoxy) is 1. The van der Waals surface area contributed by atoms with E-state index in [-0.39, 0.29) is 12.4 Å². The molecular weight excluding hydrogens is 242 g/mol. The average molecular weight is 259 g/mol. The van der Waals surface area contributed by atoms with Gasteiger partial charge in [-0.3, -0.25) is 0 Å². The lowest BCUT2D eigenvalue weighted by molar-refractivity contribution is 0.125. The predicted octanol–water partition coefficient (Wildman–Crippen LogP) is -0.0704. The molecule has 0 aliphatic rings. The normalized spacial score (nSPS) is 13.4. The Morgan fingerprint density at radius 2 is 2.18 bits per heavy atom. The number of aliphatic hydroxyl groups is 1. The number of benzene rings is 1. The Bertz CT molecular complexity index is 458. The summed E-state index contributed by atoms with van der Waals surface area (Å²) < 4.78 is 27.1. The fraction of sp³-hybridized carbons (Fsp3) is 0.455. The molecule has 0 saturated carbocycles. The zero-order valence-corrected chi connectivity index (χ0v) is 10.5. The fourth-order valence-electron chi connectivity index (χ4n) is 1.35. The highest BCUT2D eigenvalue weighted by atomic mass is 32.2. The van der Waals surface area contributed by atoms with Crippen molar-refractivity contribution in [3.8, 4) is 5.75 Å². The van der Waals surface area contributed by atoms with Crippen LogP contribution >= 0.6 is 0 Å². The molecule has 6 heteroatoms. The molecular formula is C11H17NO4S. The number of hydrogen-bond acceptors (Lipinski definition) is 5. The smallest absolute Gasteiger partial charge is 0.150 e. The van der Waals surface area contributed by atoms with Crippen molar-refractivity contribution in [2.75, 3.05) is 18.6 Å². The summed E-state index contributed by atoms with van der Waals surface area (Å²) >= 11 is 0. The number of sulfone groups is 1. The molecule has 1 atom stereocenters. The molecule has 0 aromatic heterocycles. The SMILES string of the molecule is CS(=O)(=O)CC(O)COc1cccc(CN)c1. The van der Waals surface area contributed by atoms with E-state index in [1.54, 1.807) is 18.2 Å². The van der Waals surface area contributed by atoms with E-state index < -0.39 is 15.9 Å². The summed E-state index contributed by atoms with van der Waals surface area (Å²) in [4.78, 5) is 0. The Balaban J connectivity index is 2.49. The second-order valence-corrected chi connectivity index (χ2v) is 6.09. The largest absolute Gasteiger partial charge is 0.491 e. The molecule has 17 heavy (non-hydrogen) atoms. The Hall–Kier alpha value is -1.11. The highest BCUT2D eigenvalue weighted by molar-refractivity contribution is 7.90. The van der Waals surface area contributed by atoms with E-state index in [0.29, 0.717) is 12.3 Å². The van der Waals surface area contributed by atoms with Crippen molar-refractivity contribution in [2.45, 2.75) is 12.6 Å². The second kappa shape index (κ2) is 6.00. The molecule has 1 rings (SSSR count). The monoisotopic (exact) mass is 259 g/mol. The molecule has 0 heterocycles. The zero-order chi connectivity index (χ0) is 12.9. The third-order valence-electron chi connectivity index (χ3n) is 2.07. The second-order valence-electron chi connectivity index (χ2n) is 3.91. The quantitative estimate of drug-likeness (QED) is 0.746. The Kier molecular flexibility index (Phi) is 4.92. The molecule has 0 aliphatic heterocycles. The standard InChI is InChI=1S/C11H17NO4S/c1-17(14,15)8-10(13)7-16-11-4-2-3-9(5-11)6-12/h2-5,10,13H,6-8,12H2,1H3. The van der Waals surface area contributed by atoms with Gasteiger partial charge in [-0.15, -0.1) is 0 Å². The summed E-state index contributed by atoms with van der Waals surface area (Å²) in [6.07, 6.45) is 0.0529. The molecule has 0 radical (unpaired) electrons. The van der Waals surface area contributed by atoms with Crippen molar-refractivity contribution < 1.29 is 18.3 Å². The van der Waals surface area contributed by atoms with Crippen LogP contribution in [-0.4, -0.2) is 38.2 Å². The van der Waals surface area contributed by atoms with Gasteiger partial charge in [-0.05, 0) is 17.7 Å². The van der Waals surface area contributed by atoms with Crippen molar-refractivity contribution in [1.29, 1.82) is 0 Å². The maximum Gasteiger partial charge on any atom is 0.150 e. The first-order valence-corrected chi connectivity index (χ1v) is 7.24. The minimum atomic E-state index is -3.19. The van der Waals surface area contributed by atoms with E-state index >= 15 is 0 Å². The molecule has 0 saturated heterocycles. The summed E-state index contributed by atoms with van der Waals surface area (Å²) in [5, 5.41) is 9.44. The first kappa shape index (κ1) is 14.0. The summed E-state index contributed by atoms with van der Waals surface area (Å²) in [6, 6.07) is 7.14. The minimum absolute atomic E-state index is 0.0545. The molecule has 1 unspecified atom stereocenters. The van der Waals surface area contributed by atoms with Gasteiger partial charge in [0, 0.05) is 12.8 Å². The van der Waals surface area contributed by atoms with Crippen LogP contribution in [0, 0.1) is 0 Å². The van der Waals surface area contributed by atoms with E-state index in [4.69, 9.17) is 10.5 Å². The minimum Gasteiger partial charge on any atom is -0.491 e.